The lowest BCUT2D eigenvalue weighted by atomic mass is 10.2. The number of anilines is 2. The maximum atomic E-state index is 12.7. The highest BCUT2D eigenvalue weighted by Crippen LogP contribution is 2.29. The van der Waals surface area contributed by atoms with Gasteiger partial charge in [-0.3, -0.25) is 4.79 Å². The molecule has 0 aromatic heterocycles. The van der Waals surface area contributed by atoms with E-state index >= 15 is 0 Å². The van der Waals surface area contributed by atoms with Crippen LogP contribution >= 0.6 is 0 Å². The molecule has 0 atom stereocenters. The minimum absolute atomic E-state index is 0.143. The predicted octanol–water partition coefficient (Wildman–Crippen LogP) is 3.60. The van der Waals surface area contributed by atoms with Crippen LogP contribution in [0.2, 0.25) is 0 Å². The Bertz CT molecular complexity index is 743. The molecule has 0 aliphatic rings. The van der Waals surface area contributed by atoms with Gasteiger partial charge in [-0.15, -0.1) is 0 Å². The number of carbonyl (C=O) groups is 2. The molecular formula is C16H13F4N3O2. The van der Waals surface area contributed by atoms with Crippen LogP contribution in [0.15, 0.2) is 48.5 Å². The minimum atomic E-state index is -4.46. The Morgan fingerprint density at radius 2 is 1.36 bits per heavy atom. The summed E-state index contributed by atoms with van der Waals surface area (Å²) in [7, 11) is 0. The highest BCUT2D eigenvalue weighted by molar-refractivity contribution is 5.96. The molecule has 2 aromatic carbocycles. The Labute approximate surface area is 140 Å². The topological polar surface area (TPSA) is 70.2 Å². The van der Waals surface area contributed by atoms with Crippen LogP contribution in [0.3, 0.4) is 0 Å². The van der Waals surface area contributed by atoms with E-state index in [4.69, 9.17) is 0 Å². The number of halogens is 4. The second-order valence-corrected chi connectivity index (χ2v) is 4.94. The molecule has 2 aromatic rings. The Morgan fingerprint density at radius 1 is 0.840 bits per heavy atom. The summed E-state index contributed by atoms with van der Waals surface area (Å²) in [6.07, 6.45) is -4.46. The van der Waals surface area contributed by atoms with E-state index in [2.05, 4.69) is 16.0 Å². The number of benzene rings is 2. The highest BCUT2D eigenvalue weighted by Gasteiger charge is 2.29. The van der Waals surface area contributed by atoms with Crippen LogP contribution < -0.4 is 16.0 Å². The van der Waals surface area contributed by atoms with E-state index in [1.54, 1.807) is 0 Å². The van der Waals surface area contributed by atoms with Crippen LogP contribution in [0.5, 0.6) is 0 Å². The van der Waals surface area contributed by atoms with Gasteiger partial charge in [0.25, 0.3) is 0 Å². The maximum absolute atomic E-state index is 12.7. The average molecular weight is 355 g/mol. The zero-order valence-corrected chi connectivity index (χ0v) is 12.7. The summed E-state index contributed by atoms with van der Waals surface area (Å²) < 4.78 is 50.0. The lowest BCUT2D eigenvalue weighted by molar-refractivity contribution is -0.137. The van der Waals surface area contributed by atoms with E-state index in [9.17, 15) is 27.2 Å². The van der Waals surface area contributed by atoms with Gasteiger partial charge in [-0.05, 0) is 48.5 Å². The van der Waals surface area contributed by atoms with Crippen LogP contribution in [-0.4, -0.2) is 18.5 Å². The normalized spacial score (nSPS) is 10.9. The second kappa shape index (κ2) is 7.65. The fourth-order valence-electron chi connectivity index (χ4n) is 1.82. The second-order valence-electron chi connectivity index (χ2n) is 4.94. The molecule has 0 saturated carbocycles. The average Bonchev–Trinajstić information content (AvgIpc) is 2.55. The van der Waals surface area contributed by atoms with Gasteiger partial charge in [-0.25, -0.2) is 9.18 Å². The number of alkyl halides is 3. The fraction of sp³-hybridized carbons (Fsp3) is 0.125. The third kappa shape index (κ3) is 5.79. The number of amides is 3. The molecule has 3 N–H and O–H groups in total. The van der Waals surface area contributed by atoms with Gasteiger partial charge >= 0.3 is 12.2 Å². The number of hydrogen-bond donors (Lipinski definition) is 3. The number of hydrogen-bond acceptors (Lipinski definition) is 2. The third-order valence-corrected chi connectivity index (χ3v) is 3.01. The summed E-state index contributed by atoms with van der Waals surface area (Å²) in [5.74, 6) is -0.999. The van der Waals surface area contributed by atoms with Gasteiger partial charge in [0, 0.05) is 11.4 Å². The van der Waals surface area contributed by atoms with E-state index in [0.29, 0.717) is 5.69 Å². The Kier molecular flexibility index (Phi) is 5.58. The predicted molar refractivity (Wildman–Crippen MR) is 83.5 cm³/mol. The fourth-order valence-corrected chi connectivity index (χ4v) is 1.82. The molecule has 0 spiro atoms. The van der Waals surface area contributed by atoms with Crippen molar-refractivity contribution in [1.29, 1.82) is 0 Å². The third-order valence-electron chi connectivity index (χ3n) is 3.01. The molecule has 25 heavy (non-hydrogen) atoms. The van der Waals surface area contributed by atoms with E-state index in [1.165, 1.54) is 24.3 Å². The first-order valence-electron chi connectivity index (χ1n) is 7.01. The smallest absolute Gasteiger partial charge is 0.329 e. The zero-order chi connectivity index (χ0) is 18.4. The molecule has 0 saturated heterocycles. The first kappa shape index (κ1) is 18.2. The monoisotopic (exact) mass is 355 g/mol. The van der Waals surface area contributed by atoms with Gasteiger partial charge < -0.3 is 16.0 Å². The largest absolute Gasteiger partial charge is 0.416 e. The van der Waals surface area contributed by atoms with Crippen LogP contribution in [0.1, 0.15) is 5.56 Å². The molecule has 0 aliphatic carbocycles. The number of nitrogens with one attached hydrogen (secondary N) is 3. The molecule has 132 valence electrons. The van der Waals surface area contributed by atoms with Gasteiger partial charge in [-0.1, -0.05) is 0 Å². The van der Waals surface area contributed by atoms with Gasteiger partial charge in [0.2, 0.25) is 5.91 Å². The lowest BCUT2D eigenvalue weighted by Gasteiger charge is -2.10. The number of rotatable bonds is 4. The lowest BCUT2D eigenvalue weighted by Crippen LogP contribution is -2.35. The molecule has 0 fully saturated rings. The van der Waals surface area contributed by atoms with Crippen molar-refractivity contribution in [3.63, 3.8) is 0 Å². The molecular weight excluding hydrogens is 342 g/mol. The number of carbonyl (C=O) groups excluding carboxylic acids is 2. The van der Waals surface area contributed by atoms with E-state index < -0.39 is 29.5 Å². The van der Waals surface area contributed by atoms with Crippen LogP contribution in [0.25, 0.3) is 0 Å². The van der Waals surface area contributed by atoms with Crippen molar-refractivity contribution in [2.75, 3.05) is 17.2 Å². The van der Waals surface area contributed by atoms with Crippen molar-refractivity contribution in [3.8, 4) is 0 Å². The van der Waals surface area contributed by atoms with Gasteiger partial charge in [-0.2, -0.15) is 13.2 Å². The quantitative estimate of drug-likeness (QED) is 0.734. The molecule has 3 amide bonds. The Hall–Kier alpha value is -3.10. The number of urea groups is 1. The Balaban J connectivity index is 1.80. The van der Waals surface area contributed by atoms with Crippen LogP contribution in [0, 0.1) is 5.82 Å². The van der Waals surface area contributed by atoms with Crippen LogP contribution in [-0.2, 0) is 11.0 Å². The van der Waals surface area contributed by atoms with Gasteiger partial charge in [0.15, 0.2) is 0 Å². The minimum Gasteiger partial charge on any atom is -0.329 e. The first-order valence-corrected chi connectivity index (χ1v) is 7.01. The SMILES string of the molecule is O=C(CNC(=O)Nc1ccc(C(F)(F)F)cc1)Nc1ccc(F)cc1. The van der Waals surface area contributed by atoms with E-state index in [1.807, 2.05) is 0 Å². The van der Waals surface area contributed by atoms with Gasteiger partial charge in [0.1, 0.15) is 5.82 Å². The van der Waals surface area contributed by atoms with E-state index in [-0.39, 0.29) is 12.2 Å². The molecule has 0 aliphatic heterocycles. The highest BCUT2D eigenvalue weighted by atomic mass is 19.4. The Morgan fingerprint density at radius 3 is 1.92 bits per heavy atom. The van der Waals surface area contributed by atoms with Crippen molar-refractivity contribution in [1.82, 2.24) is 5.32 Å². The summed E-state index contributed by atoms with van der Waals surface area (Å²) in [6, 6.07) is 8.15. The van der Waals surface area contributed by atoms with Crippen molar-refractivity contribution >= 4 is 23.3 Å². The molecule has 0 heterocycles. The van der Waals surface area contributed by atoms with E-state index in [0.717, 1.165) is 24.3 Å². The van der Waals surface area contributed by atoms with Crippen LogP contribution in [0.4, 0.5) is 33.7 Å². The molecule has 9 heteroatoms. The standard InChI is InChI=1S/C16H13F4N3O2/c17-11-3-7-12(8-4-11)22-14(24)9-21-15(25)23-13-5-1-10(2-6-13)16(18,19)20/h1-8H,9H2,(H,22,24)(H2,21,23,25). The summed E-state index contributed by atoms with van der Waals surface area (Å²) in [5.41, 5.74) is -0.335. The van der Waals surface area contributed by atoms with Gasteiger partial charge in [0.05, 0.1) is 12.1 Å². The molecule has 0 bridgehead atoms. The molecule has 0 radical (unpaired) electrons. The molecule has 0 unspecified atom stereocenters. The van der Waals surface area contributed by atoms with Crippen molar-refractivity contribution in [2.24, 2.45) is 0 Å². The molecule has 2 rings (SSSR count). The van der Waals surface area contributed by atoms with Crippen molar-refractivity contribution in [3.05, 3.63) is 59.9 Å². The summed E-state index contributed by atoms with van der Waals surface area (Å²) >= 11 is 0. The summed E-state index contributed by atoms with van der Waals surface area (Å²) in [4.78, 5) is 23.3. The maximum Gasteiger partial charge on any atom is 0.416 e. The first-order chi connectivity index (χ1) is 11.7. The summed E-state index contributed by atoms with van der Waals surface area (Å²) in [6.45, 7) is -0.371. The summed E-state index contributed by atoms with van der Waals surface area (Å²) in [5, 5.41) is 6.99. The van der Waals surface area contributed by atoms with Crippen molar-refractivity contribution in [2.45, 2.75) is 6.18 Å². The molecule has 5 nitrogen and oxygen atoms in total. The van der Waals surface area contributed by atoms with Crippen molar-refractivity contribution < 1.29 is 27.2 Å². The zero-order valence-electron chi connectivity index (χ0n) is 12.7.